The third-order valence-corrected chi connectivity index (χ3v) is 10.9. The van der Waals surface area contributed by atoms with Gasteiger partial charge in [-0.3, -0.25) is 0 Å². The Morgan fingerprint density at radius 2 is 0.463 bits per heavy atom. The number of methoxy groups -OCH3 is 6. The van der Waals surface area contributed by atoms with Crippen LogP contribution in [0.5, 0.6) is 17.2 Å². The first-order valence-corrected chi connectivity index (χ1v) is 18.2. The molecule has 3 N–H and O–H groups in total. The number of hydrogen-bond acceptors (Lipinski definition) is 9. The Labute approximate surface area is 321 Å². The van der Waals surface area contributed by atoms with E-state index in [1.807, 2.05) is 36.4 Å². The monoisotopic (exact) mass is 744 g/mol. The van der Waals surface area contributed by atoms with Gasteiger partial charge in [-0.15, -0.1) is 0 Å². The minimum absolute atomic E-state index is 0.173. The van der Waals surface area contributed by atoms with Crippen molar-refractivity contribution in [3.63, 3.8) is 0 Å². The maximum absolute atomic E-state index is 11.1. The molecule has 0 spiro atoms. The maximum atomic E-state index is 11.1. The van der Waals surface area contributed by atoms with E-state index in [9.17, 15) is 15.3 Å². The Hall–Kier alpha value is -3.96. The van der Waals surface area contributed by atoms with Crippen molar-refractivity contribution < 1.29 is 43.7 Å². The Morgan fingerprint density at radius 1 is 0.315 bits per heavy atom. The number of benzene rings is 4. The summed E-state index contributed by atoms with van der Waals surface area (Å²) in [6, 6.07) is 18.9. The standard InChI is InChI=1S/C45H60O9/c1-43(2,34-13-28(22-49-7)40(46)29(14-34)23-50-8)37-19-38(44(3,4)35-15-30(24-51-9)41(47)31(16-35)25-52-10)21-39(20-37)45(5,6)36-17-32(26-53-11)42(48)33(18-36)27-54-12/h13-21,46-48H,22-27H2,1-12H3. The molecule has 0 aromatic heterocycles. The molecule has 4 aromatic carbocycles. The molecule has 4 aromatic rings. The van der Waals surface area contributed by atoms with E-state index in [0.717, 1.165) is 33.4 Å². The molecule has 0 aliphatic carbocycles. The fraction of sp³-hybridized carbons (Fsp3) is 0.467. The van der Waals surface area contributed by atoms with Crippen molar-refractivity contribution in [1.29, 1.82) is 0 Å². The highest BCUT2D eigenvalue weighted by atomic mass is 16.5. The van der Waals surface area contributed by atoms with Gasteiger partial charge in [-0.05, 0) is 69.8 Å². The Balaban J connectivity index is 2.07. The van der Waals surface area contributed by atoms with Crippen molar-refractivity contribution in [3.8, 4) is 17.2 Å². The van der Waals surface area contributed by atoms with Crippen LogP contribution in [0, 0.1) is 0 Å². The lowest BCUT2D eigenvalue weighted by Crippen LogP contribution is -2.27. The molecule has 4 rings (SSSR count). The van der Waals surface area contributed by atoms with Crippen LogP contribution in [0.15, 0.2) is 54.6 Å². The summed E-state index contributed by atoms with van der Waals surface area (Å²) < 4.78 is 33.0. The van der Waals surface area contributed by atoms with Crippen LogP contribution in [0.25, 0.3) is 0 Å². The predicted octanol–water partition coefficient (Wildman–Crippen LogP) is 8.66. The molecule has 0 saturated heterocycles. The van der Waals surface area contributed by atoms with E-state index in [-0.39, 0.29) is 56.9 Å². The lowest BCUT2D eigenvalue weighted by molar-refractivity contribution is 0.174. The van der Waals surface area contributed by atoms with Crippen LogP contribution in [0.1, 0.15) is 108 Å². The highest BCUT2D eigenvalue weighted by Crippen LogP contribution is 2.45. The van der Waals surface area contributed by atoms with Crippen LogP contribution in [0.2, 0.25) is 0 Å². The average Bonchev–Trinajstić information content (AvgIpc) is 3.13. The van der Waals surface area contributed by atoms with Gasteiger partial charge in [0.05, 0.1) is 39.6 Å². The zero-order chi connectivity index (χ0) is 40.0. The highest BCUT2D eigenvalue weighted by Gasteiger charge is 2.34. The van der Waals surface area contributed by atoms with Crippen LogP contribution in [0.3, 0.4) is 0 Å². The molecule has 9 heteroatoms. The van der Waals surface area contributed by atoms with Crippen LogP contribution >= 0.6 is 0 Å². The molecule has 0 heterocycles. The molecule has 0 fully saturated rings. The van der Waals surface area contributed by atoms with Crippen molar-refractivity contribution in [2.75, 3.05) is 42.7 Å². The van der Waals surface area contributed by atoms with E-state index in [1.165, 1.54) is 0 Å². The zero-order valence-corrected chi connectivity index (χ0v) is 34.2. The van der Waals surface area contributed by atoms with Gasteiger partial charge in [0.2, 0.25) is 0 Å². The number of ether oxygens (including phenoxy) is 6. The Bertz CT molecular complexity index is 1600. The average molecular weight is 745 g/mol. The van der Waals surface area contributed by atoms with Crippen molar-refractivity contribution >= 4 is 0 Å². The van der Waals surface area contributed by atoms with Crippen molar-refractivity contribution in [2.45, 2.75) is 97.4 Å². The molecule has 9 nitrogen and oxygen atoms in total. The molecule has 294 valence electrons. The second-order valence-corrected chi connectivity index (χ2v) is 15.7. The van der Waals surface area contributed by atoms with E-state index < -0.39 is 16.2 Å². The summed E-state index contributed by atoms with van der Waals surface area (Å²) in [6.07, 6.45) is 0. The molecule has 0 unspecified atom stereocenters. The van der Waals surface area contributed by atoms with Gasteiger partial charge in [0.15, 0.2) is 0 Å². The lowest BCUT2D eigenvalue weighted by atomic mass is 9.68. The molecule has 54 heavy (non-hydrogen) atoms. The van der Waals surface area contributed by atoms with E-state index in [0.29, 0.717) is 33.4 Å². The van der Waals surface area contributed by atoms with Crippen LogP contribution in [-0.4, -0.2) is 58.0 Å². The second kappa shape index (κ2) is 17.7. The molecule has 0 saturated carbocycles. The van der Waals surface area contributed by atoms with E-state index >= 15 is 0 Å². The number of rotatable bonds is 18. The molecule has 0 amide bonds. The number of phenols is 3. The quantitative estimate of drug-likeness (QED) is 0.0921. The molecule has 0 bridgehead atoms. The smallest absolute Gasteiger partial charge is 0.126 e. The minimum atomic E-state index is -0.551. The van der Waals surface area contributed by atoms with Crippen molar-refractivity contribution in [1.82, 2.24) is 0 Å². The lowest BCUT2D eigenvalue weighted by Gasteiger charge is -2.36. The van der Waals surface area contributed by atoms with Gasteiger partial charge in [-0.1, -0.05) is 59.7 Å². The number of phenolic OH excluding ortho intramolecular Hbond substituents is 3. The van der Waals surface area contributed by atoms with Gasteiger partial charge in [0, 0.05) is 92.3 Å². The van der Waals surface area contributed by atoms with E-state index in [2.05, 4.69) is 59.7 Å². The number of aromatic hydroxyl groups is 3. The summed E-state index contributed by atoms with van der Waals surface area (Å²) in [4.78, 5) is 0. The number of hydrogen-bond donors (Lipinski definition) is 3. The summed E-state index contributed by atoms with van der Waals surface area (Å²) >= 11 is 0. The summed E-state index contributed by atoms with van der Waals surface area (Å²) in [7, 11) is 9.70. The normalized spacial score (nSPS) is 12.4. The first kappa shape index (κ1) is 42.8. The van der Waals surface area contributed by atoms with Crippen LogP contribution < -0.4 is 0 Å². The van der Waals surface area contributed by atoms with E-state index in [1.54, 1.807) is 42.7 Å². The SMILES string of the molecule is COCc1cc(C(C)(C)c2cc(C(C)(C)c3cc(COC)c(O)c(COC)c3)cc(C(C)(C)c3cc(COC)c(O)c(COC)c3)c2)cc(COC)c1O. The largest absolute Gasteiger partial charge is 0.507 e. The Morgan fingerprint density at radius 3 is 0.611 bits per heavy atom. The summed E-state index contributed by atoms with van der Waals surface area (Å²) in [6.45, 7) is 14.7. The molecular weight excluding hydrogens is 684 g/mol. The summed E-state index contributed by atoms with van der Waals surface area (Å²) in [5, 5.41) is 33.3. The predicted molar refractivity (Wildman–Crippen MR) is 211 cm³/mol. The summed E-state index contributed by atoms with van der Waals surface area (Å²) in [5.74, 6) is 0.520. The van der Waals surface area contributed by atoms with Crippen molar-refractivity contribution in [2.24, 2.45) is 0 Å². The second-order valence-electron chi connectivity index (χ2n) is 15.7. The maximum Gasteiger partial charge on any atom is 0.126 e. The molecule has 0 atom stereocenters. The minimum Gasteiger partial charge on any atom is -0.507 e. The molecule has 0 radical (unpaired) electrons. The van der Waals surface area contributed by atoms with Gasteiger partial charge in [-0.2, -0.15) is 0 Å². The third-order valence-electron chi connectivity index (χ3n) is 10.9. The first-order chi connectivity index (χ1) is 25.5. The summed E-state index contributed by atoms with van der Waals surface area (Å²) in [5.41, 5.74) is 8.67. The first-order valence-electron chi connectivity index (χ1n) is 18.2. The fourth-order valence-corrected chi connectivity index (χ4v) is 7.17. The highest BCUT2D eigenvalue weighted by molar-refractivity contribution is 5.56. The van der Waals surface area contributed by atoms with E-state index in [4.69, 9.17) is 28.4 Å². The topological polar surface area (TPSA) is 116 Å². The zero-order valence-electron chi connectivity index (χ0n) is 34.2. The van der Waals surface area contributed by atoms with Gasteiger partial charge in [0.25, 0.3) is 0 Å². The molecule has 0 aliphatic rings. The van der Waals surface area contributed by atoms with Crippen LogP contribution in [0.4, 0.5) is 0 Å². The third kappa shape index (κ3) is 8.78. The van der Waals surface area contributed by atoms with Crippen LogP contribution in [-0.2, 0) is 84.3 Å². The molecule has 0 aliphatic heterocycles. The van der Waals surface area contributed by atoms with Crippen molar-refractivity contribution in [3.05, 3.63) is 121 Å². The van der Waals surface area contributed by atoms with Gasteiger partial charge in [-0.25, -0.2) is 0 Å². The molecular formula is C45H60O9. The van der Waals surface area contributed by atoms with Gasteiger partial charge >= 0.3 is 0 Å². The van der Waals surface area contributed by atoms with Gasteiger partial charge < -0.3 is 43.7 Å². The Kier molecular flexibility index (Phi) is 14.0. The van der Waals surface area contributed by atoms with Gasteiger partial charge in [0.1, 0.15) is 17.2 Å². The fourth-order valence-electron chi connectivity index (χ4n) is 7.17.